The summed E-state index contributed by atoms with van der Waals surface area (Å²) in [7, 11) is 1.68. The van der Waals surface area contributed by atoms with Gasteiger partial charge in [-0.1, -0.05) is 17.3 Å². The van der Waals surface area contributed by atoms with Gasteiger partial charge in [0.15, 0.2) is 0 Å². The Morgan fingerprint density at radius 1 is 1.06 bits per heavy atom. The largest absolute Gasteiger partial charge is 0.494 e. The summed E-state index contributed by atoms with van der Waals surface area (Å²) in [5.74, 6) is 3.29. The molecule has 6 rings (SSSR count). The van der Waals surface area contributed by atoms with E-state index in [2.05, 4.69) is 43.2 Å². The summed E-state index contributed by atoms with van der Waals surface area (Å²) in [5, 5.41) is 6.31. The second kappa shape index (κ2) is 7.64. The van der Waals surface area contributed by atoms with Crippen LogP contribution in [0, 0.1) is 0 Å². The number of anilines is 1. The lowest BCUT2D eigenvalue weighted by molar-refractivity contribution is 0.329. The molecule has 5 aromatic rings. The van der Waals surface area contributed by atoms with Crippen LogP contribution >= 0.6 is 0 Å². The number of nitrogens with zero attached hydrogens (tertiary/aromatic N) is 5. The van der Waals surface area contributed by atoms with E-state index in [9.17, 15) is 0 Å². The van der Waals surface area contributed by atoms with Crippen LogP contribution in [0.4, 0.5) is 5.82 Å². The smallest absolute Gasteiger partial charge is 0.230 e. The number of para-hydroxylation sites is 1. The average Bonchev–Trinajstić information content (AvgIpc) is 3.53. The average molecular weight is 426 g/mol. The van der Waals surface area contributed by atoms with Gasteiger partial charge in [-0.05, 0) is 43.2 Å². The van der Waals surface area contributed by atoms with Gasteiger partial charge in [-0.2, -0.15) is 4.98 Å². The number of pyridine rings is 2. The molecule has 8 heteroatoms. The Kier molecular flexibility index (Phi) is 4.49. The number of aromatic nitrogens is 5. The molecule has 0 aliphatic carbocycles. The number of piperidine rings is 1. The summed E-state index contributed by atoms with van der Waals surface area (Å²) in [6, 6.07) is 14.2. The second-order valence-electron chi connectivity index (χ2n) is 8.06. The number of methoxy groups -OCH3 is 1. The maximum Gasteiger partial charge on any atom is 0.230 e. The molecule has 5 heterocycles. The maximum atomic E-state index is 5.63. The van der Waals surface area contributed by atoms with E-state index >= 15 is 0 Å². The van der Waals surface area contributed by atoms with Gasteiger partial charge in [-0.25, -0.2) is 9.97 Å². The first kappa shape index (κ1) is 18.8. The van der Waals surface area contributed by atoms with Crippen molar-refractivity contribution in [2.75, 3.05) is 25.1 Å². The van der Waals surface area contributed by atoms with Gasteiger partial charge < -0.3 is 19.1 Å². The number of aromatic amines is 1. The van der Waals surface area contributed by atoms with Crippen LogP contribution in [-0.2, 0) is 0 Å². The Morgan fingerprint density at radius 2 is 1.97 bits per heavy atom. The lowest BCUT2D eigenvalue weighted by Crippen LogP contribution is -2.33. The molecule has 0 radical (unpaired) electrons. The fourth-order valence-electron chi connectivity index (χ4n) is 4.39. The summed E-state index contributed by atoms with van der Waals surface area (Å²) in [6.45, 7) is 1.76. The molecule has 0 amide bonds. The summed E-state index contributed by atoms with van der Waals surface area (Å²) in [4.78, 5) is 19.4. The number of fused-ring (bicyclic) bond motifs is 2. The van der Waals surface area contributed by atoms with Gasteiger partial charge in [-0.3, -0.25) is 0 Å². The number of hydrogen-bond donors (Lipinski definition) is 1. The SMILES string of the molecule is COc1cccc2ccc(N3CCC(c4nc(-c5cnc6[nH]ccc6c5)no4)CC3)nc12. The Bertz CT molecular complexity index is 1400. The van der Waals surface area contributed by atoms with Crippen molar-refractivity contribution in [1.82, 2.24) is 25.1 Å². The van der Waals surface area contributed by atoms with Gasteiger partial charge in [0.1, 0.15) is 22.7 Å². The molecule has 4 aromatic heterocycles. The molecule has 1 aliphatic rings. The molecule has 1 N–H and O–H groups in total. The summed E-state index contributed by atoms with van der Waals surface area (Å²) >= 11 is 0. The van der Waals surface area contributed by atoms with Gasteiger partial charge in [-0.15, -0.1) is 0 Å². The highest BCUT2D eigenvalue weighted by Crippen LogP contribution is 2.32. The number of hydrogen-bond acceptors (Lipinski definition) is 7. The van der Waals surface area contributed by atoms with Crippen LogP contribution in [0.15, 0.2) is 59.4 Å². The highest BCUT2D eigenvalue weighted by Gasteiger charge is 2.26. The van der Waals surface area contributed by atoms with Crippen LogP contribution in [0.25, 0.3) is 33.3 Å². The molecule has 0 spiro atoms. The summed E-state index contributed by atoms with van der Waals surface area (Å²) in [6.07, 6.45) is 5.51. The third-order valence-electron chi connectivity index (χ3n) is 6.16. The molecule has 1 fully saturated rings. The van der Waals surface area contributed by atoms with E-state index in [-0.39, 0.29) is 5.92 Å². The molecular formula is C24H22N6O2. The van der Waals surface area contributed by atoms with Crippen LogP contribution in [0.3, 0.4) is 0 Å². The maximum absolute atomic E-state index is 5.63. The standard InChI is InChI=1S/C24H22N6O2/c1-31-19-4-2-3-15-5-6-20(27-21(15)19)30-11-8-16(9-12-30)24-28-23(29-32-24)18-13-17-7-10-25-22(17)26-14-18/h2-7,10,13-14,16H,8-9,11-12H2,1H3,(H,25,26). The molecule has 1 saturated heterocycles. The Morgan fingerprint density at radius 3 is 2.84 bits per heavy atom. The monoisotopic (exact) mass is 426 g/mol. The highest BCUT2D eigenvalue weighted by molar-refractivity contribution is 5.86. The quantitative estimate of drug-likeness (QED) is 0.450. The van der Waals surface area contributed by atoms with Crippen molar-refractivity contribution in [3.05, 3.63) is 60.7 Å². The zero-order chi connectivity index (χ0) is 21.5. The van der Waals surface area contributed by atoms with Crippen LogP contribution < -0.4 is 9.64 Å². The van der Waals surface area contributed by atoms with Crippen molar-refractivity contribution < 1.29 is 9.26 Å². The van der Waals surface area contributed by atoms with E-state index in [1.54, 1.807) is 13.3 Å². The zero-order valence-electron chi connectivity index (χ0n) is 17.7. The van der Waals surface area contributed by atoms with Crippen molar-refractivity contribution in [2.24, 2.45) is 0 Å². The summed E-state index contributed by atoms with van der Waals surface area (Å²) in [5.41, 5.74) is 2.60. The number of nitrogens with one attached hydrogen (secondary N) is 1. The molecule has 0 bridgehead atoms. The van der Waals surface area contributed by atoms with Gasteiger partial charge in [0, 0.05) is 47.7 Å². The third kappa shape index (κ3) is 3.24. The van der Waals surface area contributed by atoms with Crippen LogP contribution in [0.1, 0.15) is 24.7 Å². The predicted octanol–water partition coefficient (Wildman–Crippen LogP) is 4.55. The first-order valence-electron chi connectivity index (χ1n) is 10.7. The number of benzene rings is 1. The molecule has 160 valence electrons. The topological polar surface area (TPSA) is 93.0 Å². The number of H-pyrrole nitrogens is 1. The van der Waals surface area contributed by atoms with Gasteiger partial charge in [0.25, 0.3) is 0 Å². The minimum absolute atomic E-state index is 0.242. The highest BCUT2D eigenvalue weighted by atomic mass is 16.5. The van der Waals surface area contributed by atoms with Crippen LogP contribution in [0.2, 0.25) is 0 Å². The van der Waals surface area contributed by atoms with Gasteiger partial charge in [0.2, 0.25) is 11.7 Å². The first-order chi connectivity index (χ1) is 15.8. The molecule has 32 heavy (non-hydrogen) atoms. The minimum atomic E-state index is 0.242. The lowest BCUT2D eigenvalue weighted by Gasteiger charge is -2.31. The number of ether oxygens (including phenoxy) is 1. The Hall–Kier alpha value is -3.94. The molecule has 0 atom stereocenters. The second-order valence-corrected chi connectivity index (χ2v) is 8.06. The molecule has 8 nitrogen and oxygen atoms in total. The van der Waals surface area contributed by atoms with E-state index in [1.165, 1.54) is 0 Å². The lowest BCUT2D eigenvalue weighted by atomic mass is 9.96. The fraction of sp³-hybridized carbons (Fsp3) is 0.250. The van der Waals surface area contributed by atoms with E-state index < -0.39 is 0 Å². The number of rotatable bonds is 4. The van der Waals surface area contributed by atoms with E-state index in [0.717, 1.165) is 65.0 Å². The minimum Gasteiger partial charge on any atom is -0.494 e. The molecule has 1 aliphatic heterocycles. The zero-order valence-corrected chi connectivity index (χ0v) is 17.7. The van der Waals surface area contributed by atoms with Crippen LogP contribution in [-0.4, -0.2) is 45.3 Å². The van der Waals surface area contributed by atoms with Gasteiger partial charge >= 0.3 is 0 Å². The third-order valence-corrected chi connectivity index (χ3v) is 6.16. The summed E-state index contributed by atoms with van der Waals surface area (Å²) < 4.78 is 11.1. The Balaban J connectivity index is 1.18. The van der Waals surface area contributed by atoms with E-state index in [0.29, 0.717) is 11.7 Å². The molecule has 0 saturated carbocycles. The molecule has 0 unspecified atom stereocenters. The first-order valence-corrected chi connectivity index (χ1v) is 10.7. The van der Waals surface area contributed by atoms with Crippen molar-refractivity contribution in [1.29, 1.82) is 0 Å². The molecule has 1 aromatic carbocycles. The molecular weight excluding hydrogens is 404 g/mol. The predicted molar refractivity (Wildman–Crippen MR) is 122 cm³/mol. The van der Waals surface area contributed by atoms with Crippen molar-refractivity contribution in [2.45, 2.75) is 18.8 Å². The van der Waals surface area contributed by atoms with Crippen LogP contribution in [0.5, 0.6) is 5.75 Å². The van der Waals surface area contributed by atoms with E-state index in [4.69, 9.17) is 14.2 Å². The fourth-order valence-corrected chi connectivity index (χ4v) is 4.39. The van der Waals surface area contributed by atoms with Crippen molar-refractivity contribution in [3.63, 3.8) is 0 Å². The normalized spacial score (nSPS) is 15.0. The van der Waals surface area contributed by atoms with E-state index in [1.807, 2.05) is 30.5 Å². The van der Waals surface area contributed by atoms with Gasteiger partial charge in [0.05, 0.1) is 7.11 Å². The van der Waals surface area contributed by atoms with Crippen molar-refractivity contribution >= 4 is 27.8 Å². The Labute approximate surface area is 184 Å². The van der Waals surface area contributed by atoms with Crippen molar-refractivity contribution in [3.8, 4) is 17.1 Å².